The summed E-state index contributed by atoms with van der Waals surface area (Å²) in [4.78, 5) is 0. The van der Waals surface area contributed by atoms with E-state index in [1.807, 2.05) is 6.92 Å². The lowest BCUT2D eigenvalue weighted by atomic mass is 9.88. The molecule has 0 saturated carbocycles. The van der Waals surface area contributed by atoms with E-state index in [0.717, 1.165) is 36.0 Å². The molecule has 0 amide bonds. The third kappa shape index (κ3) is 5.87. The molecule has 18 heavy (non-hydrogen) atoms. The molecule has 0 spiro atoms. The zero-order valence-electron chi connectivity index (χ0n) is 12.1. The fraction of sp³-hybridized carbons (Fsp3) is 0.500. The highest BCUT2D eigenvalue weighted by atomic mass is 14.6. The van der Waals surface area contributed by atoms with E-state index in [-0.39, 0.29) is 6.04 Å². The molecule has 2 nitrogen and oxygen atoms in total. The number of allylic oxidation sites excluding steroid dienone is 2. The topological polar surface area (TPSA) is 52.0 Å². The Hall–Kier alpha value is -1.28. The molecule has 0 rings (SSSR count). The summed E-state index contributed by atoms with van der Waals surface area (Å²) in [5, 5.41) is 0. The van der Waals surface area contributed by atoms with Gasteiger partial charge < -0.3 is 11.5 Å². The van der Waals surface area contributed by atoms with E-state index in [4.69, 9.17) is 11.5 Å². The molecule has 0 aromatic carbocycles. The third-order valence-electron chi connectivity index (χ3n) is 3.20. The number of nitrogens with two attached hydrogens (primary N) is 2. The Morgan fingerprint density at radius 1 is 1.22 bits per heavy atom. The number of hydrogen-bond acceptors (Lipinski definition) is 2. The fourth-order valence-corrected chi connectivity index (χ4v) is 1.72. The van der Waals surface area contributed by atoms with Gasteiger partial charge in [-0.15, -0.1) is 0 Å². The van der Waals surface area contributed by atoms with Crippen LogP contribution < -0.4 is 11.5 Å². The molecule has 0 heterocycles. The van der Waals surface area contributed by atoms with Gasteiger partial charge in [0, 0.05) is 11.7 Å². The van der Waals surface area contributed by atoms with E-state index in [1.54, 1.807) is 0 Å². The average molecular weight is 248 g/mol. The van der Waals surface area contributed by atoms with Crippen molar-refractivity contribution in [2.24, 2.45) is 17.4 Å². The molecule has 0 saturated heterocycles. The summed E-state index contributed by atoms with van der Waals surface area (Å²) >= 11 is 0. The SMILES string of the molecule is C=C(N)/C(=C/CC)CC(C)C(=C)CC(N)C(=C)C. The minimum Gasteiger partial charge on any atom is -0.399 e. The van der Waals surface area contributed by atoms with Crippen molar-refractivity contribution in [2.75, 3.05) is 0 Å². The molecule has 0 aromatic rings. The first-order chi connectivity index (χ1) is 8.29. The third-order valence-corrected chi connectivity index (χ3v) is 3.20. The van der Waals surface area contributed by atoms with Crippen LogP contribution in [0.5, 0.6) is 0 Å². The van der Waals surface area contributed by atoms with Crippen molar-refractivity contribution in [1.82, 2.24) is 0 Å². The molecule has 0 radical (unpaired) electrons. The molecule has 0 bridgehead atoms. The van der Waals surface area contributed by atoms with Crippen molar-refractivity contribution in [2.45, 2.75) is 46.1 Å². The lowest BCUT2D eigenvalue weighted by Crippen LogP contribution is -2.22. The van der Waals surface area contributed by atoms with Crippen LogP contribution in [-0.2, 0) is 0 Å². The highest BCUT2D eigenvalue weighted by Gasteiger charge is 2.13. The lowest BCUT2D eigenvalue weighted by Gasteiger charge is -2.20. The second-order valence-electron chi connectivity index (χ2n) is 5.08. The predicted octanol–water partition coefficient (Wildman–Crippen LogP) is 3.67. The van der Waals surface area contributed by atoms with Gasteiger partial charge in [-0.3, -0.25) is 0 Å². The maximum Gasteiger partial charge on any atom is 0.0285 e. The Morgan fingerprint density at radius 3 is 2.17 bits per heavy atom. The van der Waals surface area contributed by atoms with Crippen LogP contribution in [0, 0.1) is 5.92 Å². The summed E-state index contributed by atoms with van der Waals surface area (Å²) in [5.41, 5.74) is 15.7. The summed E-state index contributed by atoms with van der Waals surface area (Å²) in [7, 11) is 0. The molecular formula is C16H28N2. The van der Waals surface area contributed by atoms with Crippen molar-refractivity contribution in [1.29, 1.82) is 0 Å². The van der Waals surface area contributed by atoms with Crippen molar-refractivity contribution >= 4 is 0 Å². The Morgan fingerprint density at radius 2 is 1.78 bits per heavy atom. The van der Waals surface area contributed by atoms with Gasteiger partial charge in [-0.25, -0.2) is 0 Å². The van der Waals surface area contributed by atoms with E-state index in [9.17, 15) is 0 Å². The van der Waals surface area contributed by atoms with E-state index in [0.29, 0.717) is 11.6 Å². The van der Waals surface area contributed by atoms with Gasteiger partial charge in [0.15, 0.2) is 0 Å². The number of rotatable bonds is 8. The smallest absolute Gasteiger partial charge is 0.0285 e. The normalized spacial score (nSPS) is 15.0. The van der Waals surface area contributed by atoms with Crippen molar-refractivity contribution < 1.29 is 0 Å². The van der Waals surface area contributed by atoms with Gasteiger partial charge in [-0.1, -0.05) is 50.8 Å². The highest BCUT2D eigenvalue weighted by molar-refractivity contribution is 5.27. The number of hydrogen-bond donors (Lipinski definition) is 2. The second kappa shape index (κ2) is 7.93. The molecule has 0 aliphatic heterocycles. The predicted molar refractivity (Wildman–Crippen MR) is 82.0 cm³/mol. The Kier molecular flexibility index (Phi) is 7.37. The van der Waals surface area contributed by atoms with Gasteiger partial charge in [0.25, 0.3) is 0 Å². The van der Waals surface area contributed by atoms with Crippen LogP contribution in [-0.4, -0.2) is 6.04 Å². The van der Waals surface area contributed by atoms with Gasteiger partial charge in [-0.05, 0) is 37.7 Å². The first-order valence-corrected chi connectivity index (χ1v) is 6.52. The Labute approximate surface area is 112 Å². The molecule has 2 heteroatoms. The zero-order valence-corrected chi connectivity index (χ0v) is 12.1. The highest BCUT2D eigenvalue weighted by Crippen LogP contribution is 2.24. The van der Waals surface area contributed by atoms with Crippen molar-refractivity contribution in [3.05, 3.63) is 48.2 Å². The molecule has 0 aromatic heterocycles. The molecular weight excluding hydrogens is 220 g/mol. The van der Waals surface area contributed by atoms with Crippen LogP contribution in [0.2, 0.25) is 0 Å². The molecule has 2 atom stereocenters. The van der Waals surface area contributed by atoms with Crippen LogP contribution in [0.4, 0.5) is 0 Å². The Balaban J connectivity index is 4.52. The minimum atomic E-state index is -0.000340. The summed E-state index contributed by atoms with van der Waals surface area (Å²) < 4.78 is 0. The summed E-state index contributed by atoms with van der Waals surface area (Å²) in [6.45, 7) is 18.0. The van der Waals surface area contributed by atoms with Crippen LogP contribution in [0.15, 0.2) is 48.2 Å². The van der Waals surface area contributed by atoms with Crippen molar-refractivity contribution in [3.63, 3.8) is 0 Å². The fourth-order valence-electron chi connectivity index (χ4n) is 1.72. The van der Waals surface area contributed by atoms with Crippen LogP contribution in [0.1, 0.15) is 40.0 Å². The largest absolute Gasteiger partial charge is 0.399 e. The van der Waals surface area contributed by atoms with Gasteiger partial charge >= 0.3 is 0 Å². The standard InChI is InChI=1S/C16H28N2/c1-7-8-15(14(6)17)9-12(4)13(5)10-16(18)11(2)3/h8,12,16H,2,5-7,9-10,17-18H2,1,3-4H3/b15-8+. The first-order valence-electron chi connectivity index (χ1n) is 6.52. The van der Waals surface area contributed by atoms with Crippen LogP contribution in [0.3, 0.4) is 0 Å². The average Bonchev–Trinajstić information content (AvgIpc) is 2.27. The lowest BCUT2D eigenvalue weighted by molar-refractivity contribution is 0.612. The molecule has 4 N–H and O–H groups in total. The van der Waals surface area contributed by atoms with E-state index < -0.39 is 0 Å². The Bertz CT molecular complexity index is 350. The van der Waals surface area contributed by atoms with Gasteiger partial charge in [0.05, 0.1) is 0 Å². The summed E-state index contributed by atoms with van der Waals surface area (Å²) in [6.07, 6.45) is 4.76. The molecule has 102 valence electrons. The summed E-state index contributed by atoms with van der Waals surface area (Å²) in [6, 6.07) is -0.000340. The van der Waals surface area contributed by atoms with E-state index in [2.05, 4.69) is 39.7 Å². The maximum atomic E-state index is 5.99. The molecule has 0 fully saturated rings. The molecule has 0 aliphatic rings. The van der Waals surface area contributed by atoms with Gasteiger partial charge in [0.2, 0.25) is 0 Å². The molecule has 0 aliphatic carbocycles. The summed E-state index contributed by atoms with van der Waals surface area (Å²) in [5.74, 6) is 0.355. The zero-order chi connectivity index (χ0) is 14.3. The quantitative estimate of drug-likeness (QED) is 0.508. The van der Waals surface area contributed by atoms with Gasteiger partial charge in [0.1, 0.15) is 0 Å². The van der Waals surface area contributed by atoms with E-state index in [1.165, 1.54) is 0 Å². The van der Waals surface area contributed by atoms with E-state index >= 15 is 0 Å². The monoisotopic (exact) mass is 248 g/mol. The first kappa shape index (κ1) is 16.7. The van der Waals surface area contributed by atoms with Crippen LogP contribution >= 0.6 is 0 Å². The second-order valence-corrected chi connectivity index (χ2v) is 5.08. The minimum absolute atomic E-state index is 0.000340. The molecule has 2 unspecified atom stereocenters. The van der Waals surface area contributed by atoms with Gasteiger partial charge in [-0.2, -0.15) is 0 Å². The maximum absolute atomic E-state index is 5.99. The van der Waals surface area contributed by atoms with Crippen molar-refractivity contribution in [3.8, 4) is 0 Å². The van der Waals surface area contributed by atoms with Crippen LogP contribution in [0.25, 0.3) is 0 Å².